The number of hydrogen-bond donors (Lipinski definition) is 3. The Balaban J connectivity index is 1.76. The van der Waals surface area contributed by atoms with Crippen LogP contribution < -0.4 is 21.4 Å². The summed E-state index contributed by atoms with van der Waals surface area (Å²) in [6.07, 6.45) is 2.11. The number of benzene rings is 1. The highest BCUT2D eigenvalue weighted by molar-refractivity contribution is 6.01. The van der Waals surface area contributed by atoms with Crippen LogP contribution in [0.25, 0.3) is 0 Å². The third-order valence-electron chi connectivity index (χ3n) is 4.13. The largest absolute Gasteiger partial charge is 0.465 e. The van der Waals surface area contributed by atoms with E-state index in [-0.39, 0.29) is 30.8 Å². The Hall–Kier alpha value is -3.10. The van der Waals surface area contributed by atoms with Crippen molar-refractivity contribution in [1.82, 2.24) is 10.6 Å². The van der Waals surface area contributed by atoms with Crippen molar-refractivity contribution in [2.24, 2.45) is 16.9 Å². The van der Waals surface area contributed by atoms with Gasteiger partial charge < -0.3 is 26.1 Å². The summed E-state index contributed by atoms with van der Waals surface area (Å²) in [4.78, 5) is 37.7. The molecule has 0 radical (unpaired) electrons. The van der Waals surface area contributed by atoms with Crippen LogP contribution >= 0.6 is 0 Å². The van der Waals surface area contributed by atoms with Gasteiger partial charge >= 0.3 is 12.0 Å². The van der Waals surface area contributed by atoms with E-state index in [2.05, 4.69) is 15.7 Å². The molecule has 28 heavy (non-hydrogen) atoms. The van der Waals surface area contributed by atoms with E-state index in [9.17, 15) is 14.4 Å². The molecular formula is C19H27N5O4. The number of anilines is 1. The first kappa shape index (κ1) is 21.2. The van der Waals surface area contributed by atoms with E-state index >= 15 is 0 Å². The molecule has 1 aromatic carbocycles. The molecule has 0 aromatic heterocycles. The normalized spacial score (nSPS) is 16.6. The lowest BCUT2D eigenvalue weighted by Gasteiger charge is -2.17. The molecule has 4 N–H and O–H groups in total. The second kappa shape index (κ2) is 10.3. The summed E-state index contributed by atoms with van der Waals surface area (Å²) in [6, 6.07) is 6.15. The molecule has 1 saturated heterocycles. The molecule has 0 saturated carbocycles. The predicted octanol–water partition coefficient (Wildman–Crippen LogP) is 0.973. The van der Waals surface area contributed by atoms with Gasteiger partial charge in [-0.05, 0) is 30.0 Å². The number of amides is 3. The number of carbonyl (C=O) groups is 3. The van der Waals surface area contributed by atoms with Gasteiger partial charge in [0, 0.05) is 18.8 Å². The first-order valence-electron chi connectivity index (χ1n) is 9.25. The first-order chi connectivity index (χ1) is 13.4. The summed E-state index contributed by atoms with van der Waals surface area (Å²) >= 11 is 0. The van der Waals surface area contributed by atoms with Gasteiger partial charge in [0.15, 0.2) is 0 Å². The second-order valence-corrected chi connectivity index (χ2v) is 6.93. The molecule has 152 valence electrons. The summed E-state index contributed by atoms with van der Waals surface area (Å²) in [7, 11) is 0. The van der Waals surface area contributed by atoms with Crippen LogP contribution in [0.1, 0.15) is 32.3 Å². The molecule has 1 aliphatic rings. The van der Waals surface area contributed by atoms with Crippen LogP contribution in [0.15, 0.2) is 29.4 Å². The minimum atomic E-state index is -0.599. The van der Waals surface area contributed by atoms with Crippen molar-refractivity contribution in [3.8, 4) is 0 Å². The van der Waals surface area contributed by atoms with E-state index in [1.54, 1.807) is 17.0 Å². The van der Waals surface area contributed by atoms with Gasteiger partial charge in [-0.1, -0.05) is 26.0 Å². The highest BCUT2D eigenvalue weighted by Gasteiger charge is 2.33. The molecular weight excluding hydrogens is 362 g/mol. The van der Waals surface area contributed by atoms with Crippen LogP contribution in [0.3, 0.4) is 0 Å². The molecule has 9 heteroatoms. The predicted molar refractivity (Wildman–Crippen MR) is 106 cm³/mol. The van der Waals surface area contributed by atoms with Gasteiger partial charge in [0.05, 0.1) is 19.2 Å². The molecule has 1 atom stereocenters. The summed E-state index contributed by atoms with van der Waals surface area (Å²) in [5, 5.41) is 8.69. The maximum absolute atomic E-state index is 12.5. The first-order valence-corrected chi connectivity index (χ1v) is 9.25. The molecule has 1 heterocycles. The number of nitrogens with two attached hydrogens (primary N) is 1. The average molecular weight is 389 g/mol. The lowest BCUT2D eigenvalue weighted by molar-refractivity contribution is -0.144. The zero-order valence-electron chi connectivity index (χ0n) is 16.2. The maximum Gasteiger partial charge on any atom is 0.315 e. The number of rotatable bonds is 8. The van der Waals surface area contributed by atoms with Gasteiger partial charge in [0.2, 0.25) is 5.91 Å². The van der Waals surface area contributed by atoms with Gasteiger partial charge in [0.25, 0.3) is 0 Å². The minimum Gasteiger partial charge on any atom is -0.465 e. The summed E-state index contributed by atoms with van der Waals surface area (Å²) < 4.78 is 5.04. The zero-order valence-corrected chi connectivity index (χ0v) is 16.2. The van der Waals surface area contributed by atoms with E-state index in [0.717, 1.165) is 11.3 Å². The number of nitrogens with zero attached hydrogens (tertiary/aromatic N) is 2. The topological polar surface area (TPSA) is 126 Å². The summed E-state index contributed by atoms with van der Waals surface area (Å²) in [6.45, 7) is 4.91. The molecule has 1 aliphatic heterocycles. The number of hydrazone groups is 1. The van der Waals surface area contributed by atoms with Gasteiger partial charge in [-0.3, -0.25) is 9.59 Å². The summed E-state index contributed by atoms with van der Waals surface area (Å²) in [5.74, 6) is 4.85. The molecule has 1 aromatic rings. The molecule has 1 fully saturated rings. The molecule has 0 aliphatic carbocycles. The van der Waals surface area contributed by atoms with Gasteiger partial charge in [-0.25, -0.2) is 4.79 Å². The third kappa shape index (κ3) is 6.26. The van der Waals surface area contributed by atoms with E-state index in [1.165, 1.54) is 6.21 Å². The molecule has 9 nitrogen and oxygen atoms in total. The SMILES string of the molecule is CC(C)COC(=O)CCNC(=O)N[C@H]1CCN(c2ccc(C=NN)cc2)C1=O. The van der Waals surface area contributed by atoms with Crippen molar-refractivity contribution < 1.29 is 19.1 Å². The van der Waals surface area contributed by atoms with Gasteiger partial charge in [-0.2, -0.15) is 5.10 Å². The monoisotopic (exact) mass is 389 g/mol. The fourth-order valence-electron chi connectivity index (χ4n) is 2.72. The van der Waals surface area contributed by atoms with Crippen molar-refractivity contribution in [3.63, 3.8) is 0 Å². The molecule has 3 amide bonds. The van der Waals surface area contributed by atoms with Crippen molar-refractivity contribution in [2.75, 3.05) is 24.6 Å². The van der Waals surface area contributed by atoms with Crippen LogP contribution in [0.4, 0.5) is 10.5 Å². The van der Waals surface area contributed by atoms with Crippen molar-refractivity contribution >= 4 is 29.8 Å². The number of nitrogens with one attached hydrogen (secondary N) is 2. The zero-order chi connectivity index (χ0) is 20.5. The van der Waals surface area contributed by atoms with E-state index in [1.807, 2.05) is 26.0 Å². The van der Waals surface area contributed by atoms with Gasteiger partial charge in [-0.15, -0.1) is 0 Å². The van der Waals surface area contributed by atoms with E-state index in [4.69, 9.17) is 10.6 Å². The average Bonchev–Trinajstić information content (AvgIpc) is 3.01. The lowest BCUT2D eigenvalue weighted by atomic mass is 10.2. The number of urea groups is 1. The molecule has 0 unspecified atom stereocenters. The Morgan fingerprint density at radius 2 is 2.07 bits per heavy atom. The second-order valence-electron chi connectivity index (χ2n) is 6.93. The third-order valence-corrected chi connectivity index (χ3v) is 4.13. The quantitative estimate of drug-likeness (QED) is 0.264. The Bertz CT molecular complexity index is 718. The van der Waals surface area contributed by atoms with Crippen LogP contribution in [-0.4, -0.2) is 49.9 Å². The van der Waals surface area contributed by atoms with Crippen molar-refractivity contribution in [1.29, 1.82) is 0 Å². The standard InChI is InChI=1S/C19H27N5O4/c1-13(2)12-28-17(25)7-9-21-19(27)23-16-8-10-24(18(16)26)15-5-3-14(4-6-15)11-22-20/h3-6,11,13,16H,7-10,12,20H2,1-2H3,(H2,21,23,27)/t16-/m0/s1. The Morgan fingerprint density at radius 1 is 1.36 bits per heavy atom. The highest BCUT2D eigenvalue weighted by Crippen LogP contribution is 2.21. The summed E-state index contributed by atoms with van der Waals surface area (Å²) in [5.41, 5.74) is 1.58. The van der Waals surface area contributed by atoms with Gasteiger partial charge in [0.1, 0.15) is 6.04 Å². The number of carbonyl (C=O) groups excluding carboxylic acids is 3. The van der Waals surface area contributed by atoms with Crippen LogP contribution in [0, 0.1) is 5.92 Å². The minimum absolute atomic E-state index is 0.0866. The molecule has 0 bridgehead atoms. The lowest BCUT2D eigenvalue weighted by Crippen LogP contribution is -2.46. The van der Waals surface area contributed by atoms with Crippen LogP contribution in [0.2, 0.25) is 0 Å². The van der Waals surface area contributed by atoms with E-state index in [0.29, 0.717) is 19.6 Å². The molecule has 2 rings (SSSR count). The Kier molecular flexibility index (Phi) is 7.79. The number of esters is 1. The van der Waals surface area contributed by atoms with Crippen LogP contribution in [-0.2, 0) is 14.3 Å². The fourth-order valence-corrected chi connectivity index (χ4v) is 2.72. The maximum atomic E-state index is 12.5. The smallest absolute Gasteiger partial charge is 0.315 e. The van der Waals surface area contributed by atoms with Crippen molar-refractivity contribution in [3.05, 3.63) is 29.8 Å². The fraction of sp³-hybridized carbons (Fsp3) is 0.474. The van der Waals surface area contributed by atoms with Crippen LogP contribution in [0.5, 0.6) is 0 Å². The van der Waals surface area contributed by atoms with Crippen molar-refractivity contribution in [2.45, 2.75) is 32.7 Å². The molecule has 0 spiro atoms. The Labute approximate surface area is 164 Å². The number of hydrogen-bond acceptors (Lipinski definition) is 6. The van der Waals surface area contributed by atoms with E-state index < -0.39 is 12.1 Å². The highest BCUT2D eigenvalue weighted by atomic mass is 16.5. The number of ether oxygens (including phenoxy) is 1. The Morgan fingerprint density at radius 3 is 2.71 bits per heavy atom.